The number of rotatable bonds is 9. The average molecular weight is 463 g/mol. The third-order valence-electron chi connectivity index (χ3n) is 5.58. The monoisotopic (exact) mass is 462 g/mol. The van der Waals surface area contributed by atoms with Gasteiger partial charge < -0.3 is 15.4 Å². The first-order valence-electron chi connectivity index (χ1n) is 11.0. The molecule has 0 bridgehead atoms. The number of nitro benzene ring substituents is 1. The number of nitrogens with one attached hydrogen (secondary N) is 2. The van der Waals surface area contributed by atoms with Crippen molar-refractivity contribution < 1.29 is 14.5 Å². The third kappa shape index (κ3) is 5.40. The predicted octanol–water partition coefficient (Wildman–Crippen LogP) is 4.76. The number of nitro groups is 1. The number of anilines is 4. The van der Waals surface area contributed by atoms with E-state index in [1.807, 2.05) is 38.1 Å². The van der Waals surface area contributed by atoms with Crippen LogP contribution in [0.5, 0.6) is 0 Å². The molecule has 1 amide bonds. The topological polar surface area (TPSA) is 123 Å². The number of nitrogens with zero attached hydrogens (tertiary/aromatic N) is 4. The molecule has 0 radical (unpaired) electrons. The fourth-order valence-electron chi connectivity index (χ4n) is 3.67. The molecule has 10 heteroatoms. The number of ether oxygens (including phenoxy) is 1. The van der Waals surface area contributed by atoms with Crippen molar-refractivity contribution in [3.63, 3.8) is 0 Å². The molecule has 2 N–H and O–H groups in total. The smallest absolute Gasteiger partial charge is 0.415 e. The minimum absolute atomic E-state index is 0.0478. The van der Waals surface area contributed by atoms with E-state index in [2.05, 4.69) is 20.6 Å². The molecule has 1 aromatic heterocycles. The summed E-state index contributed by atoms with van der Waals surface area (Å²) in [5, 5.41) is 17.2. The van der Waals surface area contributed by atoms with Gasteiger partial charge >= 0.3 is 6.09 Å². The number of carbonyl (C=O) groups excluding carboxylic acids is 1. The molecule has 1 aliphatic rings. The second-order valence-electron chi connectivity index (χ2n) is 8.30. The van der Waals surface area contributed by atoms with E-state index in [9.17, 15) is 14.9 Å². The second-order valence-corrected chi connectivity index (χ2v) is 8.30. The first kappa shape index (κ1) is 23.0. The van der Waals surface area contributed by atoms with E-state index in [1.165, 1.54) is 12.1 Å². The molecule has 1 atom stereocenters. The van der Waals surface area contributed by atoms with Gasteiger partial charge in [0.25, 0.3) is 5.69 Å². The van der Waals surface area contributed by atoms with Crippen molar-refractivity contribution >= 4 is 34.9 Å². The molecule has 0 unspecified atom stereocenters. The van der Waals surface area contributed by atoms with E-state index in [-0.39, 0.29) is 23.7 Å². The number of cyclic esters (lactones) is 1. The normalized spacial score (nSPS) is 15.3. The van der Waals surface area contributed by atoms with Crippen LogP contribution in [0, 0.1) is 16.0 Å². The van der Waals surface area contributed by atoms with Gasteiger partial charge in [-0.15, -0.1) is 0 Å². The van der Waals surface area contributed by atoms with Crippen molar-refractivity contribution in [2.75, 3.05) is 28.7 Å². The molecule has 3 aromatic rings. The molecule has 4 rings (SSSR count). The highest BCUT2D eigenvalue weighted by Gasteiger charge is 2.37. The number of carbonyl (C=O) groups is 1. The summed E-state index contributed by atoms with van der Waals surface area (Å²) < 4.78 is 5.21. The fraction of sp³-hybridized carbons (Fsp3) is 0.292. The van der Waals surface area contributed by atoms with E-state index >= 15 is 0 Å². The summed E-state index contributed by atoms with van der Waals surface area (Å²) in [7, 11) is 0. The van der Waals surface area contributed by atoms with Gasteiger partial charge in [0.1, 0.15) is 12.4 Å². The van der Waals surface area contributed by atoms with Crippen molar-refractivity contribution in [1.82, 2.24) is 9.97 Å². The molecular weight excluding hydrogens is 436 g/mol. The Labute approximate surface area is 197 Å². The molecule has 0 aliphatic carbocycles. The van der Waals surface area contributed by atoms with Crippen LogP contribution in [0.4, 0.5) is 33.6 Å². The number of amides is 1. The van der Waals surface area contributed by atoms with E-state index in [4.69, 9.17) is 4.74 Å². The van der Waals surface area contributed by atoms with E-state index in [0.29, 0.717) is 24.9 Å². The maximum Gasteiger partial charge on any atom is 0.415 e. The Kier molecular flexibility index (Phi) is 6.86. The lowest BCUT2D eigenvalue weighted by Gasteiger charge is -2.23. The Morgan fingerprint density at radius 3 is 2.44 bits per heavy atom. The number of hydrogen-bond acceptors (Lipinski definition) is 8. The summed E-state index contributed by atoms with van der Waals surface area (Å²) in [6.07, 6.45) is 2.00. The summed E-state index contributed by atoms with van der Waals surface area (Å²) in [6, 6.07) is 15.9. The lowest BCUT2D eigenvalue weighted by molar-refractivity contribution is -0.384. The van der Waals surface area contributed by atoms with Crippen molar-refractivity contribution in [1.29, 1.82) is 0 Å². The molecule has 1 fully saturated rings. The average Bonchev–Trinajstić information content (AvgIpc) is 3.22. The molecule has 10 nitrogen and oxygen atoms in total. The lowest BCUT2D eigenvalue weighted by Crippen LogP contribution is -2.37. The van der Waals surface area contributed by atoms with Crippen LogP contribution in [0.1, 0.15) is 19.4 Å². The number of aromatic nitrogens is 2. The van der Waals surface area contributed by atoms with Gasteiger partial charge in [-0.25, -0.2) is 9.78 Å². The summed E-state index contributed by atoms with van der Waals surface area (Å²) in [4.78, 5) is 32.9. The zero-order valence-corrected chi connectivity index (χ0v) is 19.0. The second kappa shape index (κ2) is 10.2. The van der Waals surface area contributed by atoms with E-state index in [0.717, 1.165) is 23.4 Å². The minimum Gasteiger partial charge on any atom is -0.447 e. The van der Waals surface area contributed by atoms with E-state index < -0.39 is 4.92 Å². The molecule has 2 heterocycles. The van der Waals surface area contributed by atoms with Gasteiger partial charge in [0, 0.05) is 36.2 Å². The Morgan fingerprint density at radius 1 is 1.12 bits per heavy atom. The highest BCUT2D eigenvalue weighted by atomic mass is 16.6. The fourth-order valence-corrected chi connectivity index (χ4v) is 3.67. The van der Waals surface area contributed by atoms with Crippen molar-refractivity contribution in [2.24, 2.45) is 5.92 Å². The van der Waals surface area contributed by atoms with Gasteiger partial charge in [0.05, 0.1) is 11.0 Å². The molecule has 0 saturated carbocycles. The van der Waals surface area contributed by atoms with Gasteiger partial charge in [0.2, 0.25) is 5.95 Å². The van der Waals surface area contributed by atoms with Crippen LogP contribution in [-0.4, -0.2) is 40.2 Å². The van der Waals surface area contributed by atoms with Crippen LogP contribution >= 0.6 is 0 Å². The first-order valence-corrected chi connectivity index (χ1v) is 11.0. The summed E-state index contributed by atoms with van der Waals surface area (Å²) in [5.41, 5.74) is 2.85. The van der Waals surface area contributed by atoms with Crippen LogP contribution in [0.3, 0.4) is 0 Å². The van der Waals surface area contributed by atoms with Crippen molar-refractivity contribution in [3.8, 4) is 0 Å². The van der Waals surface area contributed by atoms with Gasteiger partial charge in [-0.05, 0) is 48.2 Å². The Morgan fingerprint density at radius 2 is 1.79 bits per heavy atom. The van der Waals surface area contributed by atoms with E-state index in [1.54, 1.807) is 29.3 Å². The highest BCUT2D eigenvalue weighted by molar-refractivity contribution is 5.89. The Bertz CT molecular complexity index is 1150. The lowest BCUT2D eigenvalue weighted by atomic mass is 10.0. The zero-order valence-electron chi connectivity index (χ0n) is 19.0. The number of benzene rings is 2. The largest absolute Gasteiger partial charge is 0.447 e. The number of non-ortho nitro benzene ring substituents is 1. The van der Waals surface area contributed by atoms with Crippen LogP contribution in [0.15, 0.2) is 60.8 Å². The van der Waals surface area contributed by atoms with Crippen LogP contribution in [0.25, 0.3) is 0 Å². The van der Waals surface area contributed by atoms with Gasteiger partial charge in [0.15, 0.2) is 0 Å². The number of hydrogen-bond donors (Lipinski definition) is 2. The van der Waals surface area contributed by atoms with Gasteiger partial charge in [-0.1, -0.05) is 26.0 Å². The first-order chi connectivity index (χ1) is 16.4. The molecule has 1 aliphatic heterocycles. The van der Waals surface area contributed by atoms with Crippen LogP contribution in [0.2, 0.25) is 0 Å². The molecular formula is C24H26N6O4. The van der Waals surface area contributed by atoms with Crippen LogP contribution in [-0.2, 0) is 11.2 Å². The van der Waals surface area contributed by atoms with Crippen molar-refractivity contribution in [2.45, 2.75) is 26.3 Å². The maximum atomic E-state index is 12.2. The van der Waals surface area contributed by atoms with Gasteiger partial charge in [-0.2, -0.15) is 4.98 Å². The molecule has 34 heavy (non-hydrogen) atoms. The minimum atomic E-state index is -0.420. The standard InChI is InChI=1S/C24H26N6O4/c1-16(2)21-15-34-24(31)29(21)22-12-14-26-23(28-22)25-13-11-17-3-5-18(6-4-17)27-19-7-9-20(10-8-19)30(32)33/h3-10,12,14,16,21,27H,11,13,15H2,1-2H3,(H,25,26,28)/t21-/m1/s1. The molecule has 1 saturated heterocycles. The Balaban J connectivity index is 1.31. The summed E-state index contributed by atoms with van der Waals surface area (Å²) in [6.45, 7) is 5.08. The molecule has 0 spiro atoms. The Hall–Kier alpha value is -4.21. The molecule has 2 aromatic carbocycles. The molecule has 176 valence electrons. The van der Waals surface area contributed by atoms with Gasteiger partial charge in [-0.3, -0.25) is 15.0 Å². The summed E-state index contributed by atoms with van der Waals surface area (Å²) >= 11 is 0. The maximum absolute atomic E-state index is 12.2. The quantitative estimate of drug-likeness (QED) is 0.345. The van der Waals surface area contributed by atoms with Crippen LogP contribution < -0.4 is 15.5 Å². The third-order valence-corrected chi connectivity index (χ3v) is 5.58. The summed E-state index contributed by atoms with van der Waals surface area (Å²) in [5.74, 6) is 1.23. The highest BCUT2D eigenvalue weighted by Crippen LogP contribution is 2.26. The zero-order chi connectivity index (χ0) is 24.1. The predicted molar refractivity (Wildman–Crippen MR) is 129 cm³/mol. The SMILES string of the molecule is CC(C)[C@H]1COC(=O)N1c1ccnc(NCCc2ccc(Nc3ccc([N+](=O)[O-])cc3)cc2)n1. The van der Waals surface area contributed by atoms with Crippen molar-refractivity contribution in [3.05, 3.63) is 76.5 Å².